The first kappa shape index (κ1) is 17.9. The lowest BCUT2D eigenvalue weighted by atomic mass is 9.92. The van der Waals surface area contributed by atoms with E-state index >= 15 is 0 Å². The third-order valence-corrected chi connectivity index (χ3v) is 4.51. The van der Waals surface area contributed by atoms with Crippen LogP contribution in [0.25, 0.3) is 0 Å². The van der Waals surface area contributed by atoms with Gasteiger partial charge < -0.3 is 10.0 Å². The van der Waals surface area contributed by atoms with Gasteiger partial charge >= 0.3 is 0 Å². The van der Waals surface area contributed by atoms with Gasteiger partial charge in [0, 0.05) is 13.0 Å². The van der Waals surface area contributed by atoms with Gasteiger partial charge in [-0.05, 0) is 17.0 Å². The van der Waals surface area contributed by atoms with Crippen LogP contribution >= 0.6 is 0 Å². The summed E-state index contributed by atoms with van der Waals surface area (Å²) in [6, 6.07) is 18.4. The zero-order valence-electron chi connectivity index (χ0n) is 15.1. The molecule has 1 aliphatic rings. The summed E-state index contributed by atoms with van der Waals surface area (Å²) in [7, 11) is 0. The Morgan fingerprint density at radius 3 is 2.19 bits per heavy atom. The van der Waals surface area contributed by atoms with Crippen molar-refractivity contribution in [2.75, 3.05) is 0 Å². The quantitative estimate of drug-likeness (QED) is 0.850. The minimum atomic E-state index is -0.560. The van der Waals surface area contributed by atoms with E-state index in [1.807, 2.05) is 74.5 Å². The molecule has 0 aromatic heterocycles. The molecule has 0 spiro atoms. The molecule has 1 atom stereocenters. The van der Waals surface area contributed by atoms with Crippen LogP contribution in [0.2, 0.25) is 0 Å². The summed E-state index contributed by atoms with van der Waals surface area (Å²) < 4.78 is 0. The standard InChI is InChI=1S/C22H23NO3/c1-15(2)13-18(24)19-20(17-11-7-4-8-12-17)23(22(26)21(19)25)14-16-9-5-3-6-10-16/h3-12,15,20,25H,13-14H2,1-2H3/t20-/m0/s1. The number of Topliss-reactive ketones (excluding diaryl/α,β-unsaturated/α-hetero) is 1. The molecule has 0 saturated carbocycles. The summed E-state index contributed by atoms with van der Waals surface area (Å²) >= 11 is 0. The van der Waals surface area contributed by atoms with Crippen LogP contribution in [0.3, 0.4) is 0 Å². The van der Waals surface area contributed by atoms with Crippen LogP contribution in [-0.4, -0.2) is 21.7 Å². The van der Waals surface area contributed by atoms with Gasteiger partial charge in [0.2, 0.25) is 0 Å². The van der Waals surface area contributed by atoms with Gasteiger partial charge in [0.1, 0.15) is 0 Å². The summed E-state index contributed by atoms with van der Waals surface area (Å²) in [4.78, 5) is 27.1. The molecule has 0 aliphatic carbocycles. The van der Waals surface area contributed by atoms with Crippen LogP contribution in [0.4, 0.5) is 0 Å². The second-order valence-electron chi connectivity index (χ2n) is 7.02. The molecular formula is C22H23NO3. The van der Waals surface area contributed by atoms with E-state index < -0.39 is 17.7 Å². The maximum Gasteiger partial charge on any atom is 0.290 e. The van der Waals surface area contributed by atoms with Crippen LogP contribution < -0.4 is 0 Å². The minimum Gasteiger partial charge on any atom is -0.503 e. The summed E-state index contributed by atoms with van der Waals surface area (Å²) in [5.74, 6) is -0.928. The lowest BCUT2D eigenvalue weighted by Gasteiger charge is -2.27. The van der Waals surface area contributed by atoms with Crippen molar-refractivity contribution in [1.29, 1.82) is 0 Å². The van der Waals surface area contributed by atoms with Crippen molar-refractivity contribution in [2.24, 2.45) is 5.92 Å². The number of aliphatic hydroxyl groups excluding tert-OH is 1. The normalized spacial score (nSPS) is 17.3. The highest BCUT2D eigenvalue weighted by Gasteiger charge is 2.43. The van der Waals surface area contributed by atoms with E-state index in [1.165, 1.54) is 0 Å². The van der Waals surface area contributed by atoms with Crippen LogP contribution in [0.1, 0.15) is 37.4 Å². The molecule has 1 aliphatic heterocycles. The second kappa shape index (κ2) is 7.56. The van der Waals surface area contributed by atoms with Crippen molar-refractivity contribution >= 4 is 11.7 Å². The van der Waals surface area contributed by atoms with Crippen molar-refractivity contribution in [3.63, 3.8) is 0 Å². The van der Waals surface area contributed by atoms with Crippen LogP contribution in [0.15, 0.2) is 72.0 Å². The average molecular weight is 349 g/mol. The SMILES string of the molecule is CC(C)CC(=O)C1=C(O)C(=O)N(Cc2ccccc2)[C@H]1c1ccccc1. The molecule has 0 unspecified atom stereocenters. The first-order chi connectivity index (χ1) is 12.5. The van der Waals surface area contributed by atoms with Gasteiger partial charge in [-0.1, -0.05) is 74.5 Å². The number of ketones is 1. The van der Waals surface area contributed by atoms with Crippen molar-refractivity contribution in [2.45, 2.75) is 32.9 Å². The third-order valence-electron chi connectivity index (χ3n) is 4.51. The Morgan fingerprint density at radius 1 is 1.04 bits per heavy atom. The molecule has 1 heterocycles. The number of nitrogens with zero attached hydrogens (tertiary/aromatic N) is 1. The maximum absolute atomic E-state index is 12.8. The zero-order chi connectivity index (χ0) is 18.7. The number of benzene rings is 2. The molecule has 26 heavy (non-hydrogen) atoms. The Bertz CT molecular complexity index is 825. The number of hydrogen-bond acceptors (Lipinski definition) is 3. The highest BCUT2D eigenvalue weighted by atomic mass is 16.3. The van der Waals surface area contributed by atoms with E-state index in [4.69, 9.17) is 0 Å². The fraction of sp³-hybridized carbons (Fsp3) is 0.273. The number of carbonyl (C=O) groups excluding carboxylic acids is 2. The molecule has 2 aromatic rings. The molecule has 3 rings (SSSR count). The molecular weight excluding hydrogens is 326 g/mol. The molecule has 0 fully saturated rings. The number of carbonyl (C=O) groups is 2. The van der Waals surface area contributed by atoms with E-state index in [9.17, 15) is 14.7 Å². The van der Waals surface area contributed by atoms with Gasteiger partial charge in [-0.3, -0.25) is 9.59 Å². The molecule has 1 amide bonds. The predicted octanol–water partition coefficient (Wildman–Crippen LogP) is 4.20. The van der Waals surface area contributed by atoms with Crippen LogP contribution in [0, 0.1) is 5.92 Å². The first-order valence-corrected chi connectivity index (χ1v) is 8.85. The molecule has 0 bridgehead atoms. The molecule has 0 saturated heterocycles. The van der Waals surface area contributed by atoms with E-state index in [0.717, 1.165) is 11.1 Å². The van der Waals surface area contributed by atoms with Crippen molar-refractivity contribution in [1.82, 2.24) is 4.90 Å². The average Bonchev–Trinajstić information content (AvgIpc) is 2.88. The lowest BCUT2D eigenvalue weighted by molar-refractivity contribution is -0.130. The number of aliphatic hydroxyl groups is 1. The van der Waals surface area contributed by atoms with Gasteiger partial charge in [-0.15, -0.1) is 0 Å². The Kier molecular flexibility index (Phi) is 5.21. The summed E-state index contributed by atoms with van der Waals surface area (Å²) in [5.41, 5.74) is 1.99. The summed E-state index contributed by atoms with van der Waals surface area (Å²) in [5, 5.41) is 10.5. The van der Waals surface area contributed by atoms with Crippen molar-refractivity contribution in [3.05, 3.63) is 83.1 Å². The van der Waals surface area contributed by atoms with Gasteiger partial charge in [0.15, 0.2) is 11.5 Å². The molecule has 1 N–H and O–H groups in total. The lowest BCUT2D eigenvalue weighted by Crippen LogP contribution is -2.30. The van der Waals surface area contributed by atoms with Crippen molar-refractivity contribution < 1.29 is 14.7 Å². The van der Waals surface area contributed by atoms with Gasteiger partial charge in [0.05, 0.1) is 11.6 Å². The van der Waals surface area contributed by atoms with Gasteiger partial charge in [0.25, 0.3) is 5.91 Å². The van der Waals surface area contributed by atoms with Gasteiger partial charge in [-0.25, -0.2) is 0 Å². The topological polar surface area (TPSA) is 57.6 Å². The fourth-order valence-corrected chi connectivity index (χ4v) is 3.34. The monoisotopic (exact) mass is 349 g/mol. The highest BCUT2D eigenvalue weighted by Crippen LogP contribution is 2.39. The number of hydrogen-bond donors (Lipinski definition) is 1. The summed E-state index contributed by atoms with van der Waals surface area (Å²) in [6.07, 6.45) is 0.301. The van der Waals surface area contributed by atoms with E-state index in [0.29, 0.717) is 13.0 Å². The number of rotatable bonds is 6. The molecule has 134 valence electrons. The Hall–Kier alpha value is -2.88. The van der Waals surface area contributed by atoms with E-state index in [2.05, 4.69) is 0 Å². The first-order valence-electron chi connectivity index (χ1n) is 8.85. The molecule has 4 heteroatoms. The zero-order valence-corrected chi connectivity index (χ0v) is 15.1. The maximum atomic E-state index is 12.8. The molecule has 2 aromatic carbocycles. The third kappa shape index (κ3) is 3.54. The van der Waals surface area contributed by atoms with E-state index in [1.54, 1.807) is 4.90 Å². The number of amides is 1. The second-order valence-corrected chi connectivity index (χ2v) is 7.02. The summed E-state index contributed by atoms with van der Waals surface area (Å²) in [6.45, 7) is 4.23. The highest BCUT2D eigenvalue weighted by molar-refractivity contribution is 6.08. The Labute approximate surface area is 153 Å². The minimum absolute atomic E-state index is 0.150. The smallest absolute Gasteiger partial charge is 0.290 e. The Balaban J connectivity index is 2.02. The fourth-order valence-electron chi connectivity index (χ4n) is 3.34. The van der Waals surface area contributed by atoms with Gasteiger partial charge in [-0.2, -0.15) is 0 Å². The van der Waals surface area contributed by atoms with Crippen LogP contribution in [0.5, 0.6) is 0 Å². The largest absolute Gasteiger partial charge is 0.503 e. The predicted molar refractivity (Wildman–Crippen MR) is 100 cm³/mol. The Morgan fingerprint density at radius 2 is 1.62 bits per heavy atom. The molecule has 4 nitrogen and oxygen atoms in total. The van der Waals surface area contributed by atoms with Crippen LogP contribution in [-0.2, 0) is 16.1 Å². The van der Waals surface area contributed by atoms with Crippen molar-refractivity contribution in [3.8, 4) is 0 Å². The molecule has 0 radical (unpaired) electrons. The van der Waals surface area contributed by atoms with E-state index in [-0.39, 0.29) is 17.3 Å².